The van der Waals surface area contributed by atoms with Crippen molar-refractivity contribution < 1.29 is 9.18 Å². The van der Waals surface area contributed by atoms with E-state index in [0.29, 0.717) is 11.4 Å². The summed E-state index contributed by atoms with van der Waals surface area (Å²) in [5, 5.41) is 7.08. The first-order valence-corrected chi connectivity index (χ1v) is 9.80. The first kappa shape index (κ1) is 20.9. The number of carbonyl (C=O) groups excluding carboxylic acids is 1. The molecule has 1 aromatic carbocycles. The maximum Gasteiger partial charge on any atom is 0.280 e. The summed E-state index contributed by atoms with van der Waals surface area (Å²) in [5.41, 5.74) is 0.839. The fourth-order valence-electron chi connectivity index (χ4n) is 2.99. The molecule has 0 saturated carbocycles. The average Bonchev–Trinajstić information content (AvgIpc) is 2.70. The summed E-state index contributed by atoms with van der Waals surface area (Å²) in [6.07, 6.45) is 1.40. The molecule has 3 aromatic heterocycles. The van der Waals surface area contributed by atoms with Gasteiger partial charge in [-0.05, 0) is 55.8 Å². The lowest BCUT2D eigenvalue weighted by molar-refractivity contribution is 0.102. The van der Waals surface area contributed by atoms with Gasteiger partial charge < -0.3 is 5.32 Å². The predicted octanol–water partition coefficient (Wildman–Crippen LogP) is 4.49. The van der Waals surface area contributed by atoms with Gasteiger partial charge in [-0.15, -0.1) is 0 Å². The molecule has 31 heavy (non-hydrogen) atoms. The van der Waals surface area contributed by atoms with Crippen LogP contribution in [0.25, 0.3) is 16.7 Å². The number of nitrogens with one attached hydrogen (secondary N) is 1. The maximum atomic E-state index is 14.7. The molecule has 10 heteroatoms. The summed E-state index contributed by atoms with van der Waals surface area (Å²) in [7, 11) is 0. The van der Waals surface area contributed by atoms with Crippen LogP contribution in [0.1, 0.15) is 21.7 Å². The van der Waals surface area contributed by atoms with Gasteiger partial charge in [0.25, 0.3) is 5.91 Å². The van der Waals surface area contributed by atoms with E-state index in [4.69, 9.17) is 23.2 Å². The number of hydrogen-bond acceptors (Lipinski definition) is 5. The molecule has 3 heterocycles. The van der Waals surface area contributed by atoms with Crippen LogP contribution in [0.4, 0.5) is 10.1 Å². The molecule has 1 N–H and O–H groups in total. The van der Waals surface area contributed by atoms with E-state index in [9.17, 15) is 14.0 Å². The standard InChI is InChI=1S/C21H14Cl2FN5O2/c1-10-7-16-18(26-11(10)2)20(30)19(21(31)27-13-5-6-25-17(23)9-13)28-29(16)15-4-3-12(22)8-14(15)24/h3-9H,1-2H3,(H,25,27,31). The Kier molecular flexibility index (Phi) is 5.43. The molecule has 4 aromatic rings. The number of aryl methyl sites for hydroxylation is 2. The molecule has 7 nitrogen and oxygen atoms in total. The van der Waals surface area contributed by atoms with Crippen LogP contribution < -0.4 is 10.7 Å². The molecular formula is C21H14Cl2FN5O2. The molecule has 0 spiro atoms. The number of fused-ring (bicyclic) bond motifs is 1. The van der Waals surface area contributed by atoms with Crippen molar-refractivity contribution in [3.05, 3.63) is 85.8 Å². The lowest BCUT2D eigenvalue weighted by atomic mass is 10.1. The first-order valence-electron chi connectivity index (χ1n) is 9.04. The van der Waals surface area contributed by atoms with Gasteiger partial charge in [0.05, 0.1) is 5.52 Å². The van der Waals surface area contributed by atoms with Crippen LogP contribution in [0.5, 0.6) is 0 Å². The van der Waals surface area contributed by atoms with Gasteiger partial charge in [0, 0.05) is 22.6 Å². The number of amides is 1. The largest absolute Gasteiger partial charge is 0.320 e. The van der Waals surface area contributed by atoms with Crippen molar-refractivity contribution in [2.45, 2.75) is 13.8 Å². The van der Waals surface area contributed by atoms with Crippen LogP contribution in [0.3, 0.4) is 0 Å². The maximum absolute atomic E-state index is 14.7. The average molecular weight is 458 g/mol. The molecule has 0 unspecified atom stereocenters. The minimum atomic E-state index is -0.794. The van der Waals surface area contributed by atoms with Crippen molar-refractivity contribution in [1.29, 1.82) is 0 Å². The van der Waals surface area contributed by atoms with E-state index in [1.807, 2.05) is 6.92 Å². The van der Waals surface area contributed by atoms with Crippen molar-refractivity contribution in [2.75, 3.05) is 5.32 Å². The highest BCUT2D eigenvalue weighted by molar-refractivity contribution is 6.30. The zero-order valence-electron chi connectivity index (χ0n) is 16.3. The first-order chi connectivity index (χ1) is 14.7. The van der Waals surface area contributed by atoms with E-state index in [0.717, 1.165) is 11.6 Å². The number of rotatable bonds is 3. The zero-order valence-corrected chi connectivity index (χ0v) is 17.8. The molecule has 0 aliphatic carbocycles. The van der Waals surface area contributed by atoms with Crippen LogP contribution in [-0.2, 0) is 0 Å². The van der Waals surface area contributed by atoms with Gasteiger partial charge >= 0.3 is 0 Å². The normalized spacial score (nSPS) is 11.0. The Morgan fingerprint density at radius 3 is 2.61 bits per heavy atom. The summed E-state index contributed by atoms with van der Waals surface area (Å²) in [5.74, 6) is -1.47. The lowest BCUT2D eigenvalue weighted by Crippen LogP contribution is -2.28. The van der Waals surface area contributed by atoms with E-state index in [2.05, 4.69) is 20.4 Å². The van der Waals surface area contributed by atoms with Crippen LogP contribution in [-0.4, -0.2) is 25.7 Å². The summed E-state index contributed by atoms with van der Waals surface area (Å²) >= 11 is 11.7. The Morgan fingerprint density at radius 2 is 1.90 bits per heavy atom. The number of anilines is 1. The molecule has 0 aliphatic rings. The van der Waals surface area contributed by atoms with Crippen molar-refractivity contribution in [1.82, 2.24) is 19.7 Å². The molecule has 0 radical (unpaired) electrons. The molecular weight excluding hydrogens is 444 g/mol. The van der Waals surface area contributed by atoms with Crippen LogP contribution in [0, 0.1) is 19.7 Å². The SMILES string of the molecule is Cc1cc2c(nc1C)c(=O)c(C(=O)Nc1ccnc(Cl)c1)nn2-c1ccc(Cl)cc1F. The molecule has 0 aliphatic heterocycles. The van der Waals surface area contributed by atoms with E-state index in [-0.39, 0.29) is 26.9 Å². The monoisotopic (exact) mass is 457 g/mol. The topological polar surface area (TPSA) is 89.8 Å². The smallest absolute Gasteiger partial charge is 0.280 e. The zero-order chi connectivity index (χ0) is 22.3. The molecule has 0 fully saturated rings. The van der Waals surface area contributed by atoms with Crippen molar-refractivity contribution >= 4 is 45.8 Å². The highest BCUT2D eigenvalue weighted by Gasteiger charge is 2.21. The number of aromatic nitrogens is 4. The van der Waals surface area contributed by atoms with Gasteiger partial charge in [-0.25, -0.2) is 19.0 Å². The van der Waals surface area contributed by atoms with Crippen molar-refractivity contribution in [3.8, 4) is 5.69 Å². The second kappa shape index (κ2) is 8.05. The van der Waals surface area contributed by atoms with Gasteiger partial charge in [0.15, 0.2) is 5.69 Å². The molecule has 156 valence electrons. The number of carbonyl (C=O) groups is 1. The minimum absolute atomic E-state index is 0.00893. The van der Waals surface area contributed by atoms with Crippen LogP contribution in [0.15, 0.2) is 47.4 Å². The number of nitrogens with zero attached hydrogens (tertiary/aromatic N) is 4. The minimum Gasteiger partial charge on any atom is -0.320 e. The third kappa shape index (κ3) is 3.99. The molecule has 0 atom stereocenters. The van der Waals surface area contributed by atoms with E-state index >= 15 is 0 Å². The van der Waals surface area contributed by atoms with Gasteiger partial charge in [-0.2, -0.15) is 5.10 Å². The Hall–Kier alpha value is -3.36. The van der Waals surface area contributed by atoms with Gasteiger partial charge in [0.1, 0.15) is 22.2 Å². The predicted molar refractivity (Wildman–Crippen MR) is 117 cm³/mol. The summed E-state index contributed by atoms with van der Waals surface area (Å²) < 4.78 is 15.9. The van der Waals surface area contributed by atoms with E-state index in [1.54, 1.807) is 13.0 Å². The third-order valence-corrected chi connectivity index (χ3v) is 5.08. The quantitative estimate of drug-likeness (QED) is 0.457. The second-order valence-corrected chi connectivity index (χ2v) is 7.59. The van der Waals surface area contributed by atoms with Gasteiger partial charge in [0.2, 0.25) is 5.43 Å². The summed E-state index contributed by atoms with van der Waals surface area (Å²) in [4.78, 5) is 34.1. The fraction of sp³-hybridized carbons (Fsp3) is 0.0952. The molecule has 0 bridgehead atoms. The molecule has 4 rings (SSSR count). The highest BCUT2D eigenvalue weighted by atomic mass is 35.5. The van der Waals surface area contributed by atoms with Crippen LogP contribution >= 0.6 is 23.2 Å². The second-order valence-electron chi connectivity index (χ2n) is 6.77. The Labute approximate surface area is 185 Å². The Balaban J connectivity index is 1.96. The van der Waals surface area contributed by atoms with Gasteiger partial charge in [-0.1, -0.05) is 23.2 Å². The van der Waals surface area contributed by atoms with E-state index in [1.165, 1.54) is 35.1 Å². The third-order valence-electron chi connectivity index (χ3n) is 4.64. The van der Waals surface area contributed by atoms with E-state index < -0.39 is 22.8 Å². The Morgan fingerprint density at radius 1 is 1.13 bits per heavy atom. The number of benzene rings is 1. The Bertz CT molecular complexity index is 1420. The molecule has 1 amide bonds. The fourth-order valence-corrected chi connectivity index (χ4v) is 3.32. The summed E-state index contributed by atoms with van der Waals surface area (Å²) in [6.45, 7) is 3.54. The number of pyridine rings is 2. The van der Waals surface area contributed by atoms with Crippen molar-refractivity contribution in [3.63, 3.8) is 0 Å². The van der Waals surface area contributed by atoms with Crippen molar-refractivity contribution in [2.24, 2.45) is 0 Å². The molecule has 0 saturated heterocycles. The van der Waals surface area contributed by atoms with Gasteiger partial charge in [-0.3, -0.25) is 9.59 Å². The number of hydrogen-bond donors (Lipinski definition) is 1. The number of halogens is 3. The lowest BCUT2D eigenvalue weighted by Gasteiger charge is -2.14. The summed E-state index contributed by atoms with van der Waals surface area (Å²) in [6, 6.07) is 8.62. The highest BCUT2D eigenvalue weighted by Crippen LogP contribution is 2.22. The van der Waals surface area contributed by atoms with Crippen LogP contribution in [0.2, 0.25) is 10.2 Å².